The Balaban J connectivity index is 1.56. The summed E-state index contributed by atoms with van der Waals surface area (Å²) >= 11 is 0. The van der Waals surface area contributed by atoms with Gasteiger partial charge in [0, 0.05) is 18.7 Å². The minimum Gasteiger partial charge on any atom is -0.378 e. The highest BCUT2D eigenvalue weighted by molar-refractivity contribution is 6.07. The van der Waals surface area contributed by atoms with Crippen molar-refractivity contribution in [3.8, 4) is 6.07 Å². The van der Waals surface area contributed by atoms with Crippen LogP contribution in [0.1, 0.15) is 49.8 Å². The van der Waals surface area contributed by atoms with E-state index >= 15 is 0 Å². The van der Waals surface area contributed by atoms with Crippen LogP contribution in [0.25, 0.3) is 0 Å². The van der Waals surface area contributed by atoms with Gasteiger partial charge in [0.05, 0.1) is 11.5 Å². The second-order valence-electron chi connectivity index (χ2n) is 9.05. The van der Waals surface area contributed by atoms with Crippen molar-refractivity contribution in [3.63, 3.8) is 0 Å². The molecule has 2 aromatic rings. The maximum atomic E-state index is 13.6. The molecule has 2 aliphatic rings. The molecule has 8 nitrogen and oxygen atoms in total. The van der Waals surface area contributed by atoms with Crippen molar-refractivity contribution in [1.29, 1.82) is 5.26 Å². The molecule has 1 spiro atoms. The summed E-state index contributed by atoms with van der Waals surface area (Å²) in [7, 11) is 0. The quantitative estimate of drug-likeness (QED) is 0.565. The van der Waals surface area contributed by atoms with E-state index in [1.807, 2.05) is 19.1 Å². The van der Waals surface area contributed by atoms with Gasteiger partial charge in [-0.2, -0.15) is 5.26 Å². The summed E-state index contributed by atoms with van der Waals surface area (Å²) in [6.45, 7) is 1.96. The van der Waals surface area contributed by atoms with Gasteiger partial charge in [-0.3, -0.25) is 14.4 Å². The molecule has 2 aliphatic heterocycles. The minimum absolute atomic E-state index is 0.0198. The van der Waals surface area contributed by atoms with Crippen LogP contribution in [0.4, 0.5) is 10.1 Å². The number of halogens is 1. The van der Waals surface area contributed by atoms with E-state index < -0.39 is 41.2 Å². The minimum atomic E-state index is -1.59. The Morgan fingerprint density at radius 2 is 2.00 bits per heavy atom. The molecular formula is C26H27FN4O4. The monoisotopic (exact) mass is 478 g/mol. The van der Waals surface area contributed by atoms with Crippen LogP contribution in [0.5, 0.6) is 0 Å². The molecule has 0 radical (unpaired) electrons. The number of carbonyl (C=O) groups excluding carboxylic acids is 3. The average molecular weight is 479 g/mol. The topological polar surface area (TPSA) is 123 Å². The van der Waals surface area contributed by atoms with Gasteiger partial charge in [-0.1, -0.05) is 50.1 Å². The van der Waals surface area contributed by atoms with Crippen LogP contribution >= 0.6 is 0 Å². The van der Waals surface area contributed by atoms with E-state index in [2.05, 4.69) is 16.7 Å². The average Bonchev–Trinajstić information content (AvgIpc) is 3.39. The lowest BCUT2D eigenvalue weighted by atomic mass is 9.80. The van der Waals surface area contributed by atoms with E-state index in [9.17, 15) is 29.1 Å². The molecule has 0 bridgehead atoms. The normalized spacial score (nSPS) is 22.3. The van der Waals surface area contributed by atoms with E-state index in [4.69, 9.17) is 0 Å². The number of anilines is 1. The Kier molecular flexibility index (Phi) is 6.85. The van der Waals surface area contributed by atoms with Gasteiger partial charge in [-0.25, -0.2) is 4.39 Å². The van der Waals surface area contributed by atoms with Crippen molar-refractivity contribution in [2.75, 3.05) is 11.9 Å². The summed E-state index contributed by atoms with van der Waals surface area (Å²) in [6, 6.07) is 12.4. The van der Waals surface area contributed by atoms with Crippen LogP contribution in [0, 0.1) is 17.1 Å². The van der Waals surface area contributed by atoms with Crippen LogP contribution in [-0.4, -0.2) is 46.4 Å². The predicted octanol–water partition coefficient (Wildman–Crippen LogP) is 2.55. The molecule has 35 heavy (non-hydrogen) atoms. The van der Waals surface area contributed by atoms with Crippen LogP contribution in [0.3, 0.4) is 0 Å². The molecule has 0 unspecified atom stereocenters. The summed E-state index contributed by atoms with van der Waals surface area (Å²) in [4.78, 5) is 40.8. The first-order valence-corrected chi connectivity index (χ1v) is 11.7. The maximum Gasteiger partial charge on any atom is 0.254 e. The largest absolute Gasteiger partial charge is 0.378 e. The van der Waals surface area contributed by atoms with Gasteiger partial charge in [0.25, 0.3) is 5.91 Å². The predicted molar refractivity (Wildman–Crippen MR) is 125 cm³/mol. The standard InChI is InChI=1S/C26H27FN4O4/c1-2-3-7-21(29-23(33)22(32)16-9-11-17(27)12-10-16)24(34)31-15-26(13-18(31)14-28)19-6-4-5-8-20(19)30-25(26)35/h4-6,8-12,18,21-22,32H,2-3,7,13,15H2,1H3,(H,29,33)(H,30,35)/t18-,21-,22+,26-/m0/s1. The lowest BCUT2D eigenvalue weighted by molar-refractivity contribution is -0.139. The number of carbonyl (C=O) groups is 3. The van der Waals surface area contributed by atoms with Crippen molar-refractivity contribution in [2.45, 2.75) is 56.2 Å². The molecule has 4 rings (SSSR count). The van der Waals surface area contributed by atoms with E-state index in [0.29, 0.717) is 18.5 Å². The zero-order valence-electron chi connectivity index (χ0n) is 19.3. The number of nitrogens with zero attached hydrogens (tertiary/aromatic N) is 2. The van der Waals surface area contributed by atoms with Gasteiger partial charge in [-0.15, -0.1) is 0 Å². The second-order valence-corrected chi connectivity index (χ2v) is 9.05. The Hall–Kier alpha value is -3.77. The third-order valence-corrected chi connectivity index (χ3v) is 6.81. The lowest BCUT2D eigenvalue weighted by Crippen LogP contribution is -2.51. The molecule has 182 valence electrons. The highest BCUT2D eigenvalue weighted by Gasteiger charge is 2.56. The number of nitriles is 1. The van der Waals surface area contributed by atoms with Gasteiger partial charge in [0.15, 0.2) is 6.10 Å². The van der Waals surface area contributed by atoms with Gasteiger partial charge in [-0.05, 0) is 35.7 Å². The molecule has 0 aliphatic carbocycles. The highest BCUT2D eigenvalue weighted by Crippen LogP contribution is 2.46. The summed E-state index contributed by atoms with van der Waals surface area (Å²) in [5.74, 6) is -2.02. The van der Waals surface area contributed by atoms with Gasteiger partial charge in [0.1, 0.15) is 17.9 Å². The summed E-state index contributed by atoms with van der Waals surface area (Å²) in [6.07, 6.45) is 0.272. The summed E-state index contributed by atoms with van der Waals surface area (Å²) < 4.78 is 13.2. The number of hydrogen-bond acceptors (Lipinski definition) is 5. The third kappa shape index (κ3) is 4.49. The molecule has 3 N–H and O–H groups in total. The Labute approximate surface area is 202 Å². The van der Waals surface area contributed by atoms with Gasteiger partial charge < -0.3 is 20.6 Å². The number of fused-ring (bicyclic) bond motifs is 2. The third-order valence-electron chi connectivity index (χ3n) is 6.81. The first kappa shape index (κ1) is 24.4. The number of likely N-dealkylation sites (tertiary alicyclic amines) is 1. The fourth-order valence-corrected chi connectivity index (χ4v) is 4.90. The zero-order valence-corrected chi connectivity index (χ0v) is 19.3. The first-order valence-electron chi connectivity index (χ1n) is 11.7. The maximum absolute atomic E-state index is 13.6. The van der Waals surface area contributed by atoms with E-state index in [0.717, 1.165) is 24.1 Å². The molecule has 3 amide bonds. The number of aliphatic hydroxyl groups excluding tert-OH is 1. The smallest absolute Gasteiger partial charge is 0.254 e. The van der Waals surface area contributed by atoms with Crippen LogP contribution in [0.15, 0.2) is 48.5 Å². The summed E-state index contributed by atoms with van der Waals surface area (Å²) in [5.41, 5.74) is 0.586. The lowest BCUT2D eigenvalue weighted by Gasteiger charge is -2.28. The van der Waals surface area contributed by atoms with Crippen LogP contribution < -0.4 is 10.6 Å². The molecular weight excluding hydrogens is 451 g/mol. The van der Waals surface area contributed by atoms with Crippen molar-refractivity contribution in [3.05, 3.63) is 65.5 Å². The second kappa shape index (κ2) is 9.84. The number of unbranched alkanes of at least 4 members (excludes halogenated alkanes) is 1. The molecule has 0 saturated carbocycles. The van der Waals surface area contributed by atoms with E-state index in [1.54, 1.807) is 12.1 Å². The molecule has 1 saturated heterocycles. The molecule has 0 aromatic heterocycles. The van der Waals surface area contributed by atoms with E-state index in [-0.39, 0.29) is 24.4 Å². The Morgan fingerprint density at radius 1 is 1.29 bits per heavy atom. The van der Waals surface area contributed by atoms with Crippen LogP contribution in [-0.2, 0) is 19.8 Å². The number of amides is 3. The van der Waals surface area contributed by atoms with Crippen molar-refractivity contribution < 1.29 is 23.9 Å². The molecule has 9 heteroatoms. The number of para-hydroxylation sites is 1. The number of aliphatic hydroxyl groups is 1. The zero-order chi connectivity index (χ0) is 25.2. The summed E-state index contributed by atoms with van der Waals surface area (Å²) in [5, 5.41) is 25.7. The SMILES string of the molecule is CCCC[C@H](NC(=O)[C@H](O)c1ccc(F)cc1)C(=O)N1C[C@]2(C[C@H]1C#N)C(=O)Nc1ccccc12. The fourth-order valence-electron chi connectivity index (χ4n) is 4.90. The number of hydrogen-bond donors (Lipinski definition) is 3. The number of nitrogens with one attached hydrogen (secondary N) is 2. The van der Waals surface area contributed by atoms with Crippen molar-refractivity contribution >= 4 is 23.4 Å². The molecule has 1 fully saturated rings. The number of benzene rings is 2. The Morgan fingerprint density at radius 3 is 2.69 bits per heavy atom. The van der Waals surface area contributed by atoms with Crippen molar-refractivity contribution in [1.82, 2.24) is 10.2 Å². The van der Waals surface area contributed by atoms with Crippen LogP contribution in [0.2, 0.25) is 0 Å². The number of rotatable bonds is 7. The van der Waals surface area contributed by atoms with E-state index in [1.165, 1.54) is 17.0 Å². The fraction of sp³-hybridized carbons (Fsp3) is 0.385. The Bertz CT molecular complexity index is 1180. The molecule has 4 atom stereocenters. The van der Waals surface area contributed by atoms with Gasteiger partial charge >= 0.3 is 0 Å². The first-order chi connectivity index (χ1) is 16.8. The molecule has 2 heterocycles. The van der Waals surface area contributed by atoms with Crippen molar-refractivity contribution in [2.24, 2.45) is 0 Å². The van der Waals surface area contributed by atoms with Gasteiger partial charge in [0.2, 0.25) is 11.8 Å². The molecule has 2 aromatic carbocycles. The highest BCUT2D eigenvalue weighted by atomic mass is 19.1.